The number of aliphatic hydroxyl groups is 1. The second-order valence-corrected chi connectivity index (χ2v) is 23.9. The third-order valence-electron chi connectivity index (χ3n) is 16.0. The van der Waals surface area contributed by atoms with Gasteiger partial charge >= 0.3 is 0 Å². The summed E-state index contributed by atoms with van der Waals surface area (Å²) in [7, 11) is 1.61. The average molecular weight is 1170 g/mol. The van der Waals surface area contributed by atoms with E-state index in [-0.39, 0.29) is 43.7 Å². The summed E-state index contributed by atoms with van der Waals surface area (Å²) in [6.07, 6.45) is 3.06. The molecule has 0 unspecified atom stereocenters. The Balaban J connectivity index is 0.665. The van der Waals surface area contributed by atoms with Gasteiger partial charge in [-0.25, -0.2) is 9.37 Å². The van der Waals surface area contributed by atoms with Gasteiger partial charge in [0.1, 0.15) is 40.6 Å². The lowest BCUT2D eigenvalue weighted by Crippen LogP contribution is -2.57. The first-order valence-corrected chi connectivity index (χ1v) is 29.5. The number of nitrogens with zero attached hydrogens (tertiary/aromatic N) is 5. The number of aliphatic hydroxyl groups excluding tert-OH is 1. The summed E-state index contributed by atoms with van der Waals surface area (Å²) < 4.78 is 25.6. The van der Waals surface area contributed by atoms with Gasteiger partial charge in [0.25, 0.3) is 0 Å². The number of likely N-dealkylation sites (tertiary alicyclic amines) is 1. The summed E-state index contributed by atoms with van der Waals surface area (Å²) in [6.45, 7) is 10.2. The van der Waals surface area contributed by atoms with E-state index < -0.39 is 52.6 Å². The van der Waals surface area contributed by atoms with Crippen LogP contribution in [0.1, 0.15) is 77.0 Å². The van der Waals surface area contributed by atoms with Crippen LogP contribution in [0, 0.1) is 23.6 Å². The number of nitrogens with one attached hydrogen (secondary N) is 4. The molecule has 1 aliphatic carbocycles. The van der Waals surface area contributed by atoms with Crippen molar-refractivity contribution >= 4 is 74.7 Å². The monoisotopic (exact) mass is 1170 g/mol. The largest absolute Gasteiger partial charge is 0.496 e. The number of piperazine rings is 1. The van der Waals surface area contributed by atoms with Crippen LogP contribution < -0.4 is 35.6 Å². The van der Waals surface area contributed by atoms with E-state index in [4.69, 9.17) is 9.47 Å². The van der Waals surface area contributed by atoms with Gasteiger partial charge in [-0.2, -0.15) is 0 Å². The second kappa shape index (κ2) is 25.6. The van der Waals surface area contributed by atoms with Gasteiger partial charge in [0, 0.05) is 92.7 Å². The number of aryl methyl sites for hydroxylation is 1. The number of benzene rings is 5. The Labute approximate surface area is 497 Å². The minimum Gasteiger partial charge on any atom is -0.496 e. The summed E-state index contributed by atoms with van der Waals surface area (Å²) in [4.78, 5) is 96.4. The van der Waals surface area contributed by atoms with E-state index >= 15 is 0 Å². The molecular weight excluding hydrogens is 1100 g/mol. The van der Waals surface area contributed by atoms with Gasteiger partial charge in [-0.1, -0.05) is 57.2 Å². The number of thiazole rings is 1. The number of halogens is 1. The maximum Gasteiger partial charge on any atom is 0.246 e. The Bertz CT molecular complexity index is 3580. The highest BCUT2D eigenvalue weighted by Crippen LogP contribution is 2.48. The lowest BCUT2D eigenvalue weighted by Gasteiger charge is -2.36. The Morgan fingerprint density at radius 3 is 2.06 bits per heavy atom. The topological polar surface area (TPSA) is 225 Å². The van der Waals surface area contributed by atoms with Crippen LogP contribution in [0.25, 0.3) is 32.5 Å². The Morgan fingerprint density at radius 1 is 0.788 bits per heavy atom. The van der Waals surface area contributed by atoms with Gasteiger partial charge in [0.05, 0.1) is 34.8 Å². The number of hydrogen-bond donors (Lipinski definition) is 5. The van der Waals surface area contributed by atoms with Crippen molar-refractivity contribution in [3.8, 4) is 38.8 Å². The second-order valence-electron chi connectivity index (χ2n) is 23.1. The average Bonchev–Trinajstić information content (AvgIpc) is 3.12. The molecule has 442 valence electrons. The Morgan fingerprint density at radius 2 is 1.44 bits per heavy atom. The molecule has 3 aliphatic rings. The number of carbonyl (C=O) groups is 6. The van der Waals surface area contributed by atoms with Crippen molar-refractivity contribution in [3.63, 3.8) is 0 Å². The molecule has 3 fully saturated rings. The SMILES string of the molecule is COc1cc2c(Oc3ccc(NC(=O)C4(C(=O)Nc5ccc(F)cc5)CC4)cc3)ccnc2cc1-c1ccc(N2CCN(C(=O)CCCCC(=O)N[C@H](C(=O)N3C[C@H](O)C[C@H]3C(=O)NCc3ccc(-c4scnc4C)cc3)C(C)(C)C)CC2)cc1. The number of aromatic nitrogens is 2. The van der Waals surface area contributed by atoms with Crippen LogP contribution in [0.3, 0.4) is 0 Å². The van der Waals surface area contributed by atoms with Crippen LogP contribution in [0.4, 0.5) is 21.5 Å². The zero-order valence-corrected chi connectivity index (χ0v) is 49.1. The minimum atomic E-state index is -1.20. The zero-order valence-electron chi connectivity index (χ0n) is 48.3. The number of amides is 6. The molecule has 3 atom stereocenters. The summed E-state index contributed by atoms with van der Waals surface area (Å²) in [5.74, 6) is -0.677. The predicted octanol–water partition coefficient (Wildman–Crippen LogP) is 9.65. The molecular formula is C65H70FN9O9S. The third-order valence-corrected chi connectivity index (χ3v) is 17.0. The van der Waals surface area contributed by atoms with Crippen molar-refractivity contribution < 1.29 is 47.7 Å². The molecule has 18 nitrogen and oxygen atoms in total. The van der Waals surface area contributed by atoms with E-state index in [1.807, 2.05) is 86.6 Å². The maximum absolute atomic E-state index is 14.2. The highest BCUT2D eigenvalue weighted by molar-refractivity contribution is 7.13. The number of unbranched alkanes of at least 4 members (excludes halogenated alkanes) is 1. The van der Waals surface area contributed by atoms with Gasteiger partial charge in [-0.3, -0.25) is 33.8 Å². The Kier molecular flexibility index (Phi) is 17.9. The fourth-order valence-corrected chi connectivity index (χ4v) is 11.7. The van der Waals surface area contributed by atoms with E-state index in [9.17, 15) is 38.3 Å². The molecule has 2 saturated heterocycles. The lowest BCUT2D eigenvalue weighted by atomic mass is 9.85. The number of fused-ring (bicyclic) bond motifs is 1. The number of methoxy groups -OCH3 is 1. The van der Waals surface area contributed by atoms with Crippen LogP contribution in [0.15, 0.2) is 127 Å². The van der Waals surface area contributed by atoms with Crippen molar-refractivity contribution in [1.82, 2.24) is 30.4 Å². The van der Waals surface area contributed by atoms with Crippen LogP contribution >= 0.6 is 11.3 Å². The number of pyridine rings is 1. The molecule has 10 rings (SSSR count). The Hall–Kier alpha value is -8.75. The molecule has 6 amide bonds. The number of carbonyl (C=O) groups excluding carboxylic acids is 6. The summed E-state index contributed by atoms with van der Waals surface area (Å²) in [5.41, 5.74) is 7.19. The van der Waals surface area contributed by atoms with Crippen LogP contribution in [-0.2, 0) is 35.3 Å². The van der Waals surface area contributed by atoms with E-state index in [1.54, 1.807) is 55.0 Å². The van der Waals surface area contributed by atoms with E-state index in [1.165, 1.54) is 29.2 Å². The first kappa shape index (κ1) is 59.4. The fourth-order valence-electron chi connectivity index (χ4n) is 10.9. The number of ether oxygens (including phenoxy) is 2. The summed E-state index contributed by atoms with van der Waals surface area (Å²) >= 11 is 1.57. The van der Waals surface area contributed by atoms with Crippen molar-refractivity contribution in [2.45, 2.75) is 97.4 Å². The van der Waals surface area contributed by atoms with E-state index in [0.717, 1.165) is 43.9 Å². The van der Waals surface area contributed by atoms with Gasteiger partial charge in [-0.15, -0.1) is 11.3 Å². The highest BCUT2D eigenvalue weighted by Gasteiger charge is 2.56. The third kappa shape index (κ3) is 13.9. The molecule has 0 bridgehead atoms. The molecule has 5 aromatic carbocycles. The molecule has 1 saturated carbocycles. The van der Waals surface area contributed by atoms with Gasteiger partial charge in [-0.05, 0) is 134 Å². The molecule has 0 radical (unpaired) electrons. The molecule has 5 N–H and O–H groups in total. The number of hydrogen-bond acceptors (Lipinski definition) is 13. The normalized spacial score (nSPS) is 16.8. The van der Waals surface area contributed by atoms with Gasteiger partial charge in [0.2, 0.25) is 35.4 Å². The number of rotatable bonds is 20. The van der Waals surface area contributed by atoms with Crippen molar-refractivity contribution in [3.05, 3.63) is 144 Å². The molecule has 4 heterocycles. The molecule has 2 aromatic heterocycles. The van der Waals surface area contributed by atoms with Crippen molar-refractivity contribution in [2.75, 3.05) is 55.4 Å². The predicted molar refractivity (Wildman–Crippen MR) is 324 cm³/mol. The number of anilines is 3. The minimum absolute atomic E-state index is 0.0192. The number of β-amino-alcohol motifs (C(OH)–C–C–N with tert-alkyl or cyclic N) is 1. The fraction of sp³-hybridized carbons (Fsp3) is 0.354. The van der Waals surface area contributed by atoms with Crippen LogP contribution in [0.2, 0.25) is 0 Å². The quantitative estimate of drug-likeness (QED) is 0.0355. The molecule has 2 aliphatic heterocycles. The lowest BCUT2D eigenvalue weighted by molar-refractivity contribution is -0.144. The first-order valence-electron chi connectivity index (χ1n) is 28.7. The molecule has 0 spiro atoms. The van der Waals surface area contributed by atoms with Crippen LogP contribution in [-0.4, -0.2) is 118 Å². The standard InChI is InChI=1S/C65H70FN9O9S/c1-40-58(85-39-69-40)43-12-10-41(11-13-43)37-68-60(79)53-34-48(76)38-75(53)61(80)59(64(2,3)4)72-56(77)8-6-7-9-57(78)74-32-30-73(31-33-74)47-22-14-42(15-23-47)50-35-52-51(36-55(50)83-5)54(26-29-67-52)84-49-24-20-46(21-25-49)71-63(82)65(27-28-65)62(81)70-45-18-16-44(66)17-19-45/h10-26,29,35-36,39,48,53,59,76H,6-9,27-28,30-34,37-38H2,1-5H3,(H,68,79)(H,70,81)(H,71,82)(H,72,77)/t48-,53+,59-/m1/s1. The van der Waals surface area contributed by atoms with Gasteiger partial charge in [0.15, 0.2) is 0 Å². The van der Waals surface area contributed by atoms with E-state index in [2.05, 4.69) is 48.3 Å². The summed E-state index contributed by atoms with van der Waals surface area (Å²) in [5, 5.41) is 22.8. The van der Waals surface area contributed by atoms with Crippen LogP contribution in [0.5, 0.6) is 17.2 Å². The molecule has 85 heavy (non-hydrogen) atoms. The smallest absolute Gasteiger partial charge is 0.246 e. The van der Waals surface area contributed by atoms with Crippen molar-refractivity contribution in [2.24, 2.45) is 10.8 Å². The van der Waals surface area contributed by atoms with E-state index in [0.29, 0.717) is 92.4 Å². The maximum atomic E-state index is 14.2. The zero-order chi connectivity index (χ0) is 60.0. The first-order chi connectivity index (χ1) is 40.8. The van der Waals surface area contributed by atoms with Gasteiger partial charge < -0.3 is 50.5 Å². The highest BCUT2D eigenvalue weighted by atomic mass is 32.1. The summed E-state index contributed by atoms with van der Waals surface area (Å²) in [6, 6.07) is 32.1. The molecule has 20 heteroatoms. The molecule has 7 aromatic rings. The van der Waals surface area contributed by atoms with Crippen molar-refractivity contribution in [1.29, 1.82) is 0 Å².